The molecule has 0 unspecified atom stereocenters. The monoisotopic (exact) mass is 537 g/mol. The van der Waals surface area contributed by atoms with Crippen LogP contribution in [0.25, 0.3) is 0 Å². The molecule has 0 radical (unpaired) electrons. The van der Waals surface area contributed by atoms with Crippen molar-refractivity contribution in [2.24, 2.45) is 0 Å². The van der Waals surface area contributed by atoms with Gasteiger partial charge in [-0.3, -0.25) is 45.7 Å². The first-order valence-electron chi connectivity index (χ1n) is 11.7. The van der Waals surface area contributed by atoms with Gasteiger partial charge in [0, 0.05) is 23.1 Å². The van der Waals surface area contributed by atoms with Gasteiger partial charge >= 0.3 is 0 Å². The topological polar surface area (TPSA) is 146 Å². The lowest BCUT2D eigenvalue weighted by molar-refractivity contribution is -0.124. The third kappa shape index (κ3) is 8.45. The zero-order valence-electron chi connectivity index (χ0n) is 20.7. The Morgan fingerprint density at radius 2 is 1.18 bits per heavy atom. The van der Waals surface area contributed by atoms with Crippen molar-refractivity contribution < 1.29 is 32.8 Å². The summed E-state index contributed by atoms with van der Waals surface area (Å²) in [7, 11) is 0. The molecule has 0 heterocycles. The standard InChI is InChI=1S/C27H25F2N5O5/c1-16-4-2-3-5-21(16)26(38)30-22(27(39)34-33-25(37)18-8-12-20(29)13-9-18)14-15-23(35)31-32-24(36)17-6-10-19(28)11-7-17/h2-13,22H,14-15H2,1H3,(H,30,38)(H,31,35)(H,32,36)(H,33,37)(H,34,39)/t22-/m0/s1. The molecule has 3 aromatic carbocycles. The molecule has 202 valence electrons. The predicted octanol–water partition coefficient (Wildman–Crippen LogP) is 2.07. The second-order valence-corrected chi connectivity index (χ2v) is 8.34. The summed E-state index contributed by atoms with van der Waals surface area (Å²) < 4.78 is 26.1. The molecular formula is C27H25F2N5O5. The van der Waals surface area contributed by atoms with Gasteiger partial charge in [-0.05, 0) is 73.5 Å². The van der Waals surface area contributed by atoms with Crippen molar-refractivity contribution in [3.8, 4) is 0 Å². The van der Waals surface area contributed by atoms with Crippen LogP contribution < -0.4 is 27.0 Å². The normalized spacial score (nSPS) is 11.1. The summed E-state index contributed by atoms with van der Waals surface area (Å²) in [6.07, 6.45) is -0.504. The van der Waals surface area contributed by atoms with Crippen molar-refractivity contribution in [3.05, 3.63) is 107 Å². The summed E-state index contributed by atoms with van der Waals surface area (Å²) in [4.78, 5) is 62.3. The fourth-order valence-corrected chi connectivity index (χ4v) is 3.35. The first-order valence-corrected chi connectivity index (χ1v) is 11.7. The quantitative estimate of drug-likeness (QED) is 0.280. The number of aryl methyl sites for hydroxylation is 1. The molecule has 3 aromatic rings. The zero-order chi connectivity index (χ0) is 28.4. The average Bonchev–Trinajstić information content (AvgIpc) is 2.93. The molecule has 0 saturated carbocycles. The smallest absolute Gasteiger partial charge is 0.269 e. The van der Waals surface area contributed by atoms with Crippen LogP contribution in [0.15, 0.2) is 72.8 Å². The molecule has 3 rings (SSSR count). The summed E-state index contributed by atoms with van der Waals surface area (Å²) >= 11 is 0. The largest absolute Gasteiger partial charge is 0.340 e. The van der Waals surface area contributed by atoms with Crippen LogP contribution in [0.2, 0.25) is 0 Å². The zero-order valence-corrected chi connectivity index (χ0v) is 20.7. The third-order valence-corrected chi connectivity index (χ3v) is 5.50. The Morgan fingerprint density at radius 3 is 1.72 bits per heavy atom. The minimum absolute atomic E-state index is 0.0773. The van der Waals surface area contributed by atoms with Crippen LogP contribution in [-0.4, -0.2) is 35.6 Å². The highest BCUT2D eigenvalue weighted by Gasteiger charge is 2.24. The fraction of sp³-hybridized carbons (Fsp3) is 0.148. The van der Waals surface area contributed by atoms with Crippen molar-refractivity contribution >= 4 is 29.5 Å². The van der Waals surface area contributed by atoms with Crippen molar-refractivity contribution in [3.63, 3.8) is 0 Å². The third-order valence-electron chi connectivity index (χ3n) is 5.50. The van der Waals surface area contributed by atoms with E-state index in [1.807, 2.05) is 0 Å². The Kier molecular flexibility index (Phi) is 9.79. The van der Waals surface area contributed by atoms with E-state index in [1.165, 1.54) is 24.3 Å². The highest BCUT2D eigenvalue weighted by Crippen LogP contribution is 2.09. The molecule has 0 aliphatic rings. The first-order chi connectivity index (χ1) is 18.6. The minimum Gasteiger partial charge on any atom is -0.340 e. The molecule has 0 fully saturated rings. The van der Waals surface area contributed by atoms with Gasteiger partial charge in [0.1, 0.15) is 17.7 Å². The number of benzene rings is 3. The molecule has 0 spiro atoms. The molecule has 0 bridgehead atoms. The number of hydrogen-bond donors (Lipinski definition) is 5. The number of rotatable bonds is 8. The molecule has 0 saturated heterocycles. The van der Waals surface area contributed by atoms with Crippen LogP contribution in [-0.2, 0) is 9.59 Å². The second kappa shape index (κ2) is 13.4. The number of carbonyl (C=O) groups is 5. The highest BCUT2D eigenvalue weighted by molar-refractivity contribution is 6.00. The molecule has 0 aromatic heterocycles. The predicted molar refractivity (Wildman–Crippen MR) is 136 cm³/mol. The molecular weight excluding hydrogens is 512 g/mol. The SMILES string of the molecule is Cc1ccccc1C(=O)N[C@@H](CCC(=O)NNC(=O)c1ccc(F)cc1)C(=O)NNC(=O)c1ccc(F)cc1. The van der Waals surface area contributed by atoms with E-state index in [4.69, 9.17) is 0 Å². The number of halogens is 2. The van der Waals surface area contributed by atoms with E-state index in [9.17, 15) is 32.8 Å². The Hall–Kier alpha value is -5.13. The van der Waals surface area contributed by atoms with Crippen molar-refractivity contribution in [2.75, 3.05) is 0 Å². The van der Waals surface area contributed by atoms with E-state index in [1.54, 1.807) is 31.2 Å². The van der Waals surface area contributed by atoms with Crippen molar-refractivity contribution in [1.82, 2.24) is 27.0 Å². The van der Waals surface area contributed by atoms with Crippen molar-refractivity contribution in [2.45, 2.75) is 25.8 Å². The van der Waals surface area contributed by atoms with Crippen LogP contribution in [0.1, 0.15) is 49.5 Å². The molecule has 12 heteroatoms. The number of carbonyl (C=O) groups excluding carboxylic acids is 5. The van der Waals surface area contributed by atoms with Crippen LogP contribution in [0.4, 0.5) is 8.78 Å². The van der Waals surface area contributed by atoms with E-state index in [0.29, 0.717) is 11.1 Å². The lowest BCUT2D eigenvalue weighted by Gasteiger charge is -2.19. The first kappa shape index (κ1) is 28.4. The summed E-state index contributed by atoms with van der Waals surface area (Å²) in [5.74, 6) is -4.56. The average molecular weight is 538 g/mol. The maximum absolute atomic E-state index is 13.1. The maximum atomic E-state index is 13.1. The van der Waals surface area contributed by atoms with Crippen LogP contribution >= 0.6 is 0 Å². The van der Waals surface area contributed by atoms with Gasteiger partial charge in [-0.2, -0.15) is 0 Å². The summed E-state index contributed by atoms with van der Waals surface area (Å²) in [6, 6.07) is 14.7. The number of nitrogens with one attached hydrogen (secondary N) is 5. The minimum atomic E-state index is -1.26. The molecule has 0 aliphatic heterocycles. The van der Waals surface area contributed by atoms with Crippen LogP contribution in [0.3, 0.4) is 0 Å². The van der Waals surface area contributed by atoms with Gasteiger partial charge in [0.05, 0.1) is 0 Å². The van der Waals surface area contributed by atoms with Gasteiger partial charge in [0.2, 0.25) is 5.91 Å². The van der Waals surface area contributed by atoms with E-state index in [2.05, 4.69) is 27.0 Å². The molecule has 39 heavy (non-hydrogen) atoms. The van der Waals surface area contributed by atoms with Gasteiger partial charge in [-0.25, -0.2) is 8.78 Å². The summed E-state index contributed by atoms with van der Waals surface area (Å²) in [5, 5.41) is 2.54. The number of hydrogen-bond acceptors (Lipinski definition) is 5. The van der Waals surface area contributed by atoms with E-state index in [0.717, 1.165) is 24.3 Å². The second-order valence-electron chi connectivity index (χ2n) is 8.34. The Balaban J connectivity index is 1.61. The highest BCUT2D eigenvalue weighted by atomic mass is 19.1. The molecule has 5 N–H and O–H groups in total. The Morgan fingerprint density at radius 1 is 0.667 bits per heavy atom. The molecule has 5 amide bonds. The van der Waals surface area contributed by atoms with Gasteiger partial charge in [-0.15, -0.1) is 0 Å². The fourth-order valence-electron chi connectivity index (χ4n) is 3.35. The molecule has 0 aliphatic carbocycles. The molecule has 10 nitrogen and oxygen atoms in total. The Bertz CT molecular complexity index is 1360. The van der Waals surface area contributed by atoms with Gasteiger partial charge in [0.25, 0.3) is 23.6 Å². The lowest BCUT2D eigenvalue weighted by atomic mass is 10.1. The van der Waals surface area contributed by atoms with E-state index < -0.39 is 47.2 Å². The van der Waals surface area contributed by atoms with E-state index >= 15 is 0 Å². The van der Waals surface area contributed by atoms with E-state index in [-0.39, 0.29) is 24.0 Å². The van der Waals surface area contributed by atoms with Crippen LogP contribution in [0.5, 0.6) is 0 Å². The summed E-state index contributed by atoms with van der Waals surface area (Å²) in [6.45, 7) is 1.71. The number of hydrazine groups is 2. The van der Waals surface area contributed by atoms with Gasteiger partial charge in [0.15, 0.2) is 0 Å². The van der Waals surface area contributed by atoms with Gasteiger partial charge in [-0.1, -0.05) is 18.2 Å². The number of amides is 5. The van der Waals surface area contributed by atoms with Gasteiger partial charge < -0.3 is 5.32 Å². The Labute approximate surface area is 222 Å². The lowest BCUT2D eigenvalue weighted by Crippen LogP contribution is -2.53. The van der Waals surface area contributed by atoms with Crippen molar-refractivity contribution in [1.29, 1.82) is 0 Å². The summed E-state index contributed by atoms with van der Waals surface area (Å²) in [5.41, 5.74) is 9.87. The van der Waals surface area contributed by atoms with Crippen LogP contribution in [0, 0.1) is 18.6 Å². The molecule has 1 atom stereocenters. The maximum Gasteiger partial charge on any atom is 0.269 e.